The van der Waals surface area contributed by atoms with Gasteiger partial charge in [0.2, 0.25) is 0 Å². The predicted octanol–water partition coefficient (Wildman–Crippen LogP) is 5.87. The third-order valence-electron chi connectivity index (χ3n) is 5.12. The maximum Gasteiger partial charge on any atom is 0.185 e. The van der Waals surface area contributed by atoms with Gasteiger partial charge in [0, 0.05) is 34.1 Å². The molecule has 0 aliphatic carbocycles. The fourth-order valence-corrected chi connectivity index (χ4v) is 6.93. The summed E-state index contributed by atoms with van der Waals surface area (Å²) in [4.78, 5) is 7.14. The van der Waals surface area contributed by atoms with Crippen LogP contribution in [-0.4, -0.2) is 31.7 Å². The van der Waals surface area contributed by atoms with E-state index >= 15 is 0 Å². The number of thiazole rings is 1. The van der Waals surface area contributed by atoms with Gasteiger partial charge in [0.1, 0.15) is 0 Å². The Kier molecular flexibility index (Phi) is 5.89. The van der Waals surface area contributed by atoms with Crippen molar-refractivity contribution in [1.29, 1.82) is 0 Å². The molecule has 0 spiro atoms. The van der Waals surface area contributed by atoms with Crippen LogP contribution in [0.15, 0.2) is 52.7 Å². The average Bonchev–Trinajstić information content (AvgIpc) is 3.18. The van der Waals surface area contributed by atoms with E-state index in [2.05, 4.69) is 35.4 Å². The molecular formula is C21H20Cl2N2O2S2. The number of aromatic nitrogens is 1. The van der Waals surface area contributed by atoms with Crippen LogP contribution < -0.4 is 4.90 Å². The van der Waals surface area contributed by atoms with Crippen molar-refractivity contribution >= 4 is 49.5 Å². The first-order chi connectivity index (χ1) is 13.8. The lowest BCUT2D eigenvalue weighted by Crippen LogP contribution is -2.39. The van der Waals surface area contributed by atoms with Crippen molar-refractivity contribution in [3.05, 3.63) is 63.5 Å². The quantitative estimate of drug-likeness (QED) is 0.482. The summed E-state index contributed by atoms with van der Waals surface area (Å²) in [5.74, 6) is 0. The van der Waals surface area contributed by atoms with E-state index in [1.54, 1.807) is 17.4 Å². The standard InChI is InChI=1S/C21H20Cl2N2O2S2/c1-14-3-2-4-15(9-14)20-13-28-21(24-20)25-7-5-18(6-8-25)29(26,27)19-11-16(22)10-17(23)12-19/h2-4,9-13,18H,5-8H2,1H3. The van der Waals surface area contributed by atoms with E-state index in [9.17, 15) is 8.42 Å². The second kappa shape index (κ2) is 8.26. The number of hydrogen-bond donors (Lipinski definition) is 0. The maximum atomic E-state index is 13.0. The number of hydrogen-bond acceptors (Lipinski definition) is 5. The molecule has 0 unspecified atom stereocenters. The minimum absolute atomic E-state index is 0.199. The highest BCUT2D eigenvalue weighted by Crippen LogP contribution is 2.33. The van der Waals surface area contributed by atoms with E-state index in [0.717, 1.165) is 16.4 Å². The van der Waals surface area contributed by atoms with Gasteiger partial charge in [-0.1, -0.05) is 47.0 Å². The Bertz CT molecular complexity index is 1120. The number of anilines is 1. The Morgan fingerprint density at radius 1 is 1.07 bits per heavy atom. The average molecular weight is 467 g/mol. The topological polar surface area (TPSA) is 50.3 Å². The van der Waals surface area contributed by atoms with Crippen LogP contribution in [0.5, 0.6) is 0 Å². The highest BCUT2D eigenvalue weighted by molar-refractivity contribution is 7.92. The number of benzene rings is 2. The lowest BCUT2D eigenvalue weighted by Gasteiger charge is -2.31. The van der Waals surface area contributed by atoms with Crippen LogP contribution in [0, 0.1) is 6.92 Å². The second-order valence-electron chi connectivity index (χ2n) is 7.22. The van der Waals surface area contributed by atoms with E-state index in [-0.39, 0.29) is 4.90 Å². The second-order valence-corrected chi connectivity index (χ2v) is 11.2. The van der Waals surface area contributed by atoms with E-state index in [4.69, 9.17) is 28.2 Å². The van der Waals surface area contributed by atoms with Crippen LogP contribution in [-0.2, 0) is 9.84 Å². The van der Waals surface area contributed by atoms with Crippen molar-refractivity contribution in [2.75, 3.05) is 18.0 Å². The molecule has 0 bridgehead atoms. The third-order valence-corrected chi connectivity index (χ3v) is 8.70. The van der Waals surface area contributed by atoms with E-state index in [1.165, 1.54) is 17.7 Å². The largest absolute Gasteiger partial charge is 0.348 e. The molecule has 1 aliphatic rings. The number of halogens is 2. The monoisotopic (exact) mass is 466 g/mol. The first-order valence-corrected chi connectivity index (χ1v) is 12.5. The summed E-state index contributed by atoms with van der Waals surface area (Å²) in [6.45, 7) is 3.37. The highest BCUT2D eigenvalue weighted by atomic mass is 35.5. The van der Waals surface area contributed by atoms with Crippen molar-refractivity contribution in [3.63, 3.8) is 0 Å². The Morgan fingerprint density at radius 2 is 1.76 bits per heavy atom. The van der Waals surface area contributed by atoms with Gasteiger partial charge in [0.15, 0.2) is 15.0 Å². The van der Waals surface area contributed by atoms with Crippen LogP contribution in [0.1, 0.15) is 18.4 Å². The molecule has 4 rings (SSSR count). The van der Waals surface area contributed by atoms with Crippen molar-refractivity contribution in [2.24, 2.45) is 0 Å². The lowest BCUT2D eigenvalue weighted by molar-refractivity contribution is 0.529. The molecule has 0 saturated carbocycles. The number of aryl methyl sites for hydroxylation is 1. The summed E-state index contributed by atoms with van der Waals surface area (Å²) in [6, 6.07) is 12.8. The van der Waals surface area contributed by atoms with Gasteiger partial charge in [-0.15, -0.1) is 11.3 Å². The van der Waals surface area contributed by atoms with Gasteiger partial charge in [0.05, 0.1) is 15.8 Å². The molecule has 0 atom stereocenters. The fourth-order valence-electron chi connectivity index (χ4n) is 3.59. The number of rotatable bonds is 4. The first kappa shape index (κ1) is 20.7. The SMILES string of the molecule is Cc1cccc(-c2csc(N3CCC(S(=O)(=O)c4cc(Cl)cc(Cl)c4)CC3)n2)c1. The molecule has 0 radical (unpaired) electrons. The molecule has 8 heteroatoms. The van der Waals surface area contributed by atoms with Crippen molar-refractivity contribution in [2.45, 2.75) is 29.9 Å². The highest BCUT2D eigenvalue weighted by Gasteiger charge is 2.32. The third kappa shape index (κ3) is 4.45. The Balaban J connectivity index is 1.47. The zero-order chi connectivity index (χ0) is 20.6. The van der Waals surface area contributed by atoms with Gasteiger partial charge in [-0.3, -0.25) is 0 Å². The lowest BCUT2D eigenvalue weighted by atomic mass is 10.1. The minimum Gasteiger partial charge on any atom is -0.348 e. The molecule has 29 heavy (non-hydrogen) atoms. The van der Waals surface area contributed by atoms with Gasteiger partial charge < -0.3 is 4.90 Å². The molecule has 2 aromatic carbocycles. The number of piperidine rings is 1. The zero-order valence-electron chi connectivity index (χ0n) is 15.8. The van der Waals surface area contributed by atoms with Gasteiger partial charge >= 0.3 is 0 Å². The van der Waals surface area contributed by atoms with Gasteiger partial charge in [0.25, 0.3) is 0 Å². The molecule has 152 valence electrons. The zero-order valence-corrected chi connectivity index (χ0v) is 19.0. The molecule has 3 aromatic rings. The predicted molar refractivity (Wildman–Crippen MR) is 121 cm³/mol. The van der Waals surface area contributed by atoms with Crippen molar-refractivity contribution < 1.29 is 8.42 Å². The number of nitrogens with zero attached hydrogens (tertiary/aromatic N) is 2. The van der Waals surface area contributed by atoms with Crippen LogP contribution in [0.2, 0.25) is 10.0 Å². The smallest absolute Gasteiger partial charge is 0.185 e. The molecule has 1 fully saturated rings. The molecule has 0 amide bonds. The van der Waals surface area contributed by atoms with Gasteiger partial charge in [-0.2, -0.15) is 0 Å². The Morgan fingerprint density at radius 3 is 2.41 bits per heavy atom. The molecule has 2 heterocycles. The van der Waals surface area contributed by atoms with Gasteiger partial charge in [-0.05, 0) is 44.0 Å². The minimum atomic E-state index is -3.47. The molecule has 1 aliphatic heterocycles. The fraction of sp³-hybridized carbons (Fsp3) is 0.286. The Hall–Kier alpha value is -1.60. The summed E-state index contributed by atoms with van der Waals surface area (Å²) in [7, 11) is -3.47. The van der Waals surface area contributed by atoms with Crippen LogP contribution in [0.4, 0.5) is 5.13 Å². The van der Waals surface area contributed by atoms with Crippen molar-refractivity contribution in [1.82, 2.24) is 4.98 Å². The van der Waals surface area contributed by atoms with E-state index < -0.39 is 15.1 Å². The first-order valence-electron chi connectivity index (χ1n) is 9.30. The van der Waals surface area contributed by atoms with Gasteiger partial charge in [-0.25, -0.2) is 13.4 Å². The molecular weight excluding hydrogens is 447 g/mol. The summed E-state index contributed by atoms with van der Waals surface area (Å²) < 4.78 is 26.0. The Labute approximate surface area is 185 Å². The van der Waals surface area contributed by atoms with E-state index in [0.29, 0.717) is 36.0 Å². The number of sulfone groups is 1. The molecule has 1 aromatic heterocycles. The summed E-state index contributed by atoms with van der Waals surface area (Å²) in [6.07, 6.45) is 1.09. The summed E-state index contributed by atoms with van der Waals surface area (Å²) in [5, 5.41) is 3.22. The van der Waals surface area contributed by atoms with E-state index in [1.807, 2.05) is 6.07 Å². The summed E-state index contributed by atoms with van der Waals surface area (Å²) in [5.41, 5.74) is 3.25. The van der Waals surface area contributed by atoms with Crippen LogP contribution in [0.3, 0.4) is 0 Å². The maximum absolute atomic E-state index is 13.0. The normalized spacial score (nSPS) is 15.6. The van der Waals surface area contributed by atoms with Crippen LogP contribution >= 0.6 is 34.5 Å². The van der Waals surface area contributed by atoms with Crippen LogP contribution in [0.25, 0.3) is 11.3 Å². The van der Waals surface area contributed by atoms with Crippen molar-refractivity contribution in [3.8, 4) is 11.3 Å². The molecule has 4 nitrogen and oxygen atoms in total. The molecule has 0 N–H and O–H groups in total. The molecule has 1 saturated heterocycles. The summed E-state index contributed by atoms with van der Waals surface area (Å²) >= 11 is 13.6.